The molecule has 2 aliphatic rings. The Bertz CT molecular complexity index is 299. The minimum atomic E-state index is -0.243. The summed E-state index contributed by atoms with van der Waals surface area (Å²) < 4.78 is 0.379. The van der Waals surface area contributed by atoms with Gasteiger partial charge in [-0.1, -0.05) is 41.9 Å². The van der Waals surface area contributed by atoms with Crippen LogP contribution in [0.25, 0.3) is 0 Å². The van der Waals surface area contributed by atoms with E-state index in [4.69, 9.17) is 11.6 Å². The molecule has 0 aromatic carbocycles. The summed E-state index contributed by atoms with van der Waals surface area (Å²) in [6.45, 7) is 4.51. The van der Waals surface area contributed by atoms with E-state index < -0.39 is 0 Å². The molecule has 0 aromatic heterocycles. The first-order valence-corrected chi connectivity index (χ1v) is 8.60. The van der Waals surface area contributed by atoms with Gasteiger partial charge in [-0.3, -0.25) is 0 Å². The summed E-state index contributed by atoms with van der Waals surface area (Å²) in [5.41, 5.74) is 0. The number of hydrogen-bond acceptors (Lipinski definition) is 2. The van der Waals surface area contributed by atoms with Gasteiger partial charge in [0.25, 0.3) is 0 Å². The number of allylic oxidation sites excluding steroid dienone is 1. The second-order valence-corrected chi connectivity index (χ2v) is 8.94. The summed E-state index contributed by atoms with van der Waals surface area (Å²) in [4.78, 5) is 0. The quantitative estimate of drug-likeness (QED) is 0.605. The zero-order valence-corrected chi connectivity index (χ0v) is 13.4. The van der Waals surface area contributed by atoms with Gasteiger partial charge in [0.15, 0.2) is 0 Å². The molecular weight excluding hydrogens is 320 g/mol. The van der Waals surface area contributed by atoms with Crippen molar-refractivity contribution in [3.8, 4) is 0 Å². The van der Waals surface area contributed by atoms with E-state index in [1.807, 2.05) is 17.8 Å². The van der Waals surface area contributed by atoms with Crippen LogP contribution in [0, 0.1) is 17.8 Å². The van der Waals surface area contributed by atoms with Crippen molar-refractivity contribution in [1.29, 1.82) is 0 Å². The first kappa shape index (κ1) is 14.2. The van der Waals surface area contributed by atoms with Crippen molar-refractivity contribution in [1.82, 2.24) is 0 Å². The van der Waals surface area contributed by atoms with Crippen LogP contribution >= 0.6 is 39.3 Å². The molecule has 0 saturated carbocycles. The summed E-state index contributed by atoms with van der Waals surface area (Å²) in [7, 11) is 0. The molecular formula is C13H20BrClOS. The normalized spacial score (nSPS) is 48.3. The first-order chi connectivity index (χ1) is 8.00. The predicted octanol–water partition coefficient (Wildman–Crippen LogP) is 4.03. The summed E-state index contributed by atoms with van der Waals surface area (Å²) in [5.74, 6) is 1.18. The fourth-order valence-electron chi connectivity index (χ4n) is 2.81. The summed E-state index contributed by atoms with van der Waals surface area (Å²) >= 11 is 11.7. The van der Waals surface area contributed by atoms with Gasteiger partial charge in [-0.25, -0.2) is 0 Å². The van der Waals surface area contributed by atoms with Gasteiger partial charge >= 0.3 is 0 Å². The van der Waals surface area contributed by atoms with Gasteiger partial charge < -0.3 is 5.11 Å². The van der Waals surface area contributed by atoms with E-state index in [9.17, 15) is 5.11 Å². The molecule has 1 saturated heterocycles. The SMILES string of the molecule is CC1SC(Br)C(C(O)C2C=CC(Cl)CC2)C1C. The second kappa shape index (κ2) is 5.85. The zero-order valence-electron chi connectivity index (χ0n) is 10.2. The molecule has 17 heavy (non-hydrogen) atoms. The lowest BCUT2D eigenvalue weighted by Gasteiger charge is -2.32. The molecule has 0 spiro atoms. The van der Waals surface area contributed by atoms with Crippen LogP contribution < -0.4 is 0 Å². The Morgan fingerprint density at radius 2 is 2.06 bits per heavy atom. The molecule has 1 N–H and O–H groups in total. The van der Waals surface area contributed by atoms with E-state index in [0.29, 0.717) is 21.2 Å². The molecule has 7 atom stereocenters. The fourth-order valence-corrected chi connectivity index (χ4v) is 6.27. The monoisotopic (exact) mass is 338 g/mol. The van der Waals surface area contributed by atoms with E-state index in [-0.39, 0.29) is 17.4 Å². The molecule has 98 valence electrons. The Morgan fingerprint density at radius 3 is 2.53 bits per heavy atom. The number of alkyl halides is 2. The number of aliphatic hydroxyl groups is 1. The van der Waals surface area contributed by atoms with Crippen molar-refractivity contribution in [3.05, 3.63) is 12.2 Å². The van der Waals surface area contributed by atoms with Crippen molar-refractivity contribution < 1.29 is 5.11 Å². The molecule has 0 amide bonds. The van der Waals surface area contributed by atoms with Crippen LogP contribution in [-0.2, 0) is 0 Å². The van der Waals surface area contributed by atoms with Gasteiger partial charge in [0, 0.05) is 17.1 Å². The highest BCUT2D eigenvalue weighted by Gasteiger charge is 2.43. The van der Waals surface area contributed by atoms with Crippen LogP contribution in [0.5, 0.6) is 0 Å². The van der Waals surface area contributed by atoms with Gasteiger partial charge in [0.2, 0.25) is 0 Å². The van der Waals surface area contributed by atoms with Crippen LogP contribution in [0.2, 0.25) is 0 Å². The number of aliphatic hydroxyl groups excluding tert-OH is 1. The van der Waals surface area contributed by atoms with E-state index in [1.165, 1.54) is 0 Å². The van der Waals surface area contributed by atoms with E-state index >= 15 is 0 Å². The van der Waals surface area contributed by atoms with Crippen LogP contribution in [-0.4, -0.2) is 26.0 Å². The van der Waals surface area contributed by atoms with Crippen LogP contribution in [0.3, 0.4) is 0 Å². The maximum Gasteiger partial charge on any atom is 0.0658 e. The fraction of sp³-hybridized carbons (Fsp3) is 0.846. The summed E-state index contributed by atoms with van der Waals surface area (Å²) in [6.07, 6.45) is 5.90. The topological polar surface area (TPSA) is 20.2 Å². The number of rotatable bonds is 2. The molecule has 1 aliphatic heterocycles. The summed E-state index contributed by atoms with van der Waals surface area (Å²) in [6, 6.07) is 0. The average molecular weight is 340 g/mol. The molecule has 7 unspecified atom stereocenters. The molecule has 4 heteroatoms. The number of thioether (sulfide) groups is 1. The molecule has 1 fully saturated rings. The third-order valence-corrected chi connectivity index (χ3v) is 7.23. The van der Waals surface area contributed by atoms with E-state index in [1.54, 1.807) is 0 Å². The van der Waals surface area contributed by atoms with Gasteiger partial charge in [-0.2, -0.15) is 0 Å². The van der Waals surface area contributed by atoms with Crippen molar-refractivity contribution in [2.75, 3.05) is 0 Å². The molecule has 1 aliphatic carbocycles. The minimum Gasteiger partial charge on any atom is -0.392 e. The lowest BCUT2D eigenvalue weighted by molar-refractivity contribution is 0.0508. The number of halogens is 2. The highest BCUT2D eigenvalue weighted by Crippen LogP contribution is 2.49. The van der Waals surface area contributed by atoms with Gasteiger partial charge in [-0.15, -0.1) is 23.4 Å². The Kier molecular flexibility index (Phi) is 4.90. The highest BCUT2D eigenvalue weighted by atomic mass is 79.9. The Balaban J connectivity index is 2.04. The third kappa shape index (κ3) is 3.05. The molecule has 0 radical (unpaired) electrons. The standard InChI is InChI=1S/C13H20BrClOS/c1-7-8(2)17-13(14)11(7)12(16)9-3-5-10(15)6-4-9/h3,5,7-13,16H,4,6H2,1-2H3. The maximum atomic E-state index is 10.6. The highest BCUT2D eigenvalue weighted by molar-refractivity contribution is 9.11. The minimum absolute atomic E-state index is 0.160. The van der Waals surface area contributed by atoms with Gasteiger partial charge in [0.05, 0.1) is 15.6 Å². The molecule has 2 rings (SSSR count). The Labute approximate surface area is 122 Å². The molecule has 0 aromatic rings. The number of hydrogen-bond donors (Lipinski definition) is 1. The van der Waals surface area contributed by atoms with Crippen molar-refractivity contribution in [2.24, 2.45) is 17.8 Å². The van der Waals surface area contributed by atoms with Crippen molar-refractivity contribution >= 4 is 39.3 Å². The van der Waals surface area contributed by atoms with Crippen molar-refractivity contribution in [3.63, 3.8) is 0 Å². The molecule has 1 nitrogen and oxygen atoms in total. The van der Waals surface area contributed by atoms with Crippen LogP contribution in [0.4, 0.5) is 0 Å². The predicted molar refractivity (Wildman–Crippen MR) is 79.9 cm³/mol. The zero-order chi connectivity index (χ0) is 12.6. The smallest absolute Gasteiger partial charge is 0.0658 e. The van der Waals surface area contributed by atoms with Crippen LogP contribution in [0.1, 0.15) is 26.7 Å². The Hall–Kier alpha value is 0.820. The first-order valence-electron chi connectivity index (χ1n) is 6.30. The second-order valence-electron chi connectivity index (χ2n) is 5.26. The third-order valence-electron chi connectivity index (χ3n) is 4.17. The Morgan fingerprint density at radius 1 is 1.35 bits per heavy atom. The van der Waals surface area contributed by atoms with Crippen LogP contribution in [0.15, 0.2) is 12.2 Å². The van der Waals surface area contributed by atoms with E-state index in [0.717, 1.165) is 12.8 Å². The lowest BCUT2D eigenvalue weighted by Crippen LogP contribution is -2.36. The maximum absolute atomic E-state index is 10.6. The lowest BCUT2D eigenvalue weighted by atomic mass is 9.79. The van der Waals surface area contributed by atoms with E-state index in [2.05, 4.69) is 35.9 Å². The average Bonchev–Trinajstić information content (AvgIpc) is 2.53. The molecule has 1 heterocycles. The van der Waals surface area contributed by atoms with Crippen molar-refractivity contribution in [2.45, 2.75) is 47.6 Å². The van der Waals surface area contributed by atoms with Gasteiger partial charge in [0.1, 0.15) is 0 Å². The molecule has 0 bridgehead atoms. The summed E-state index contributed by atoms with van der Waals surface area (Å²) in [5, 5.41) is 11.4. The van der Waals surface area contributed by atoms with Gasteiger partial charge in [-0.05, 0) is 18.8 Å². The largest absolute Gasteiger partial charge is 0.392 e.